The van der Waals surface area contributed by atoms with Gasteiger partial charge in [0.2, 0.25) is 0 Å². The van der Waals surface area contributed by atoms with Crippen molar-refractivity contribution in [3.8, 4) is 0 Å². The third-order valence-electron chi connectivity index (χ3n) is 1.96. The summed E-state index contributed by atoms with van der Waals surface area (Å²) in [6.07, 6.45) is 0. The van der Waals surface area contributed by atoms with Crippen LogP contribution in [-0.2, 0) is 5.54 Å². The maximum Gasteiger partial charge on any atom is 0.562 e. The fourth-order valence-corrected chi connectivity index (χ4v) is 1.29. The summed E-state index contributed by atoms with van der Waals surface area (Å²) < 4.78 is 0. The standard InChI is InChI=1S/C10H20N6O2/c1-9(2,3)13-14(17)8-7(11)12-16(15(8)18)10(4,5)6/h1-6H3,(H2,11,12). The zero-order chi connectivity index (χ0) is 14.3. The largest absolute Gasteiger partial charge is 0.590 e. The first-order chi connectivity index (χ1) is 7.93. The SMILES string of the molecule is CC(C)(C)N=[N+]([O-])c1c(N)nn(C(C)(C)C)[n+]1[O-]. The van der Waals surface area contributed by atoms with Crippen molar-refractivity contribution in [3.63, 3.8) is 0 Å². The summed E-state index contributed by atoms with van der Waals surface area (Å²) in [7, 11) is 0. The van der Waals surface area contributed by atoms with E-state index in [1.807, 2.05) is 0 Å². The lowest BCUT2D eigenvalue weighted by Gasteiger charge is -2.15. The molecule has 0 aliphatic rings. The molecule has 0 spiro atoms. The molecular weight excluding hydrogens is 236 g/mol. The highest BCUT2D eigenvalue weighted by Crippen LogP contribution is 2.20. The zero-order valence-electron chi connectivity index (χ0n) is 11.6. The van der Waals surface area contributed by atoms with Gasteiger partial charge in [0.15, 0.2) is 0 Å². The Hall–Kier alpha value is -1.86. The van der Waals surface area contributed by atoms with Crippen LogP contribution in [0.3, 0.4) is 0 Å². The molecule has 0 saturated carbocycles. The Labute approximate surface area is 106 Å². The number of aromatic nitrogens is 3. The van der Waals surface area contributed by atoms with Crippen LogP contribution in [0, 0.1) is 10.4 Å². The highest BCUT2D eigenvalue weighted by molar-refractivity contribution is 5.40. The van der Waals surface area contributed by atoms with E-state index in [1.165, 1.54) is 0 Å². The van der Waals surface area contributed by atoms with Crippen molar-refractivity contribution in [3.05, 3.63) is 10.4 Å². The van der Waals surface area contributed by atoms with Crippen molar-refractivity contribution in [2.75, 3.05) is 5.73 Å². The van der Waals surface area contributed by atoms with Crippen molar-refractivity contribution in [2.24, 2.45) is 5.11 Å². The molecule has 18 heavy (non-hydrogen) atoms. The predicted octanol–water partition coefficient (Wildman–Crippen LogP) is 1.25. The molecule has 0 radical (unpaired) electrons. The molecule has 102 valence electrons. The minimum absolute atomic E-state index is 0.136. The fraction of sp³-hybridized carbons (Fsp3) is 0.800. The molecular formula is C10H20N6O2. The molecule has 0 aliphatic heterocycles. The summed E-state index contributed by atoms with van der Waals surface area (Å²) in [5.74, 6) is -0.442. The van der Waals surface area contributed by atoms with E-state index in [9.17, 15) is 10.4 Å². The van der Waals surface area contributed by atoms with Crippen LogP contribution in [0.4, 0.5) is 11.6 Å². The summed E-state index contributed by atoms with van der Waals surface area (Å²) >= 11 is 0. The van der Waals surface area contributed by atoms with Gasteiger partial charge >= 0.3 is 11.6 Å². The van der Waals surface area contributed by atoms with Gasteiger partial charge in [0.25, 0.3) is 0 Å². The van der Waals surface area contributed by atoms with Gasteiger partial charge in [-0.3, -0.25) is 0 Å². The number of nitrogen functional groups attached to an aromatic ring is 1. The highest BCUT2D eigenvalue weighted by atomic mass is 16.5. The highest BCUT2D eigenvalue weighted by Gasteiger charge is 2.35. The first kappa shape index (κ1) is 14.2. The molecule has 0 unspecified atom stereocenters. The van der Waals surface area contributed by atoms with Crippen molar-refractivity contribution in [2.45, 2.75) is 52.6 Å². The average molecular weight is 256 g/mol. The number of hydrogen-bond acceptors (Lipinski definition) is 5. The summed E-state index contributed by atoms with van der Waals surface area (Å²) in [5.41, 5.74) is 4.43. The topological polar surface area (TPSA) is 109 Å². The first-order valence-electron chi connectivity index (χ1n) is 5.62. The molecule has 8 nitrogen and oxygen atoms in total. The van der Waals surface area contributed by atoms with E-state index in [2.05, 4.69) is 10.2 Å². The van der Waals surface area contributed by atoms with Gasteiger partial charge in [-0.05, 0) is 51.5 Å². The van der Waals surface area contributed by atoms with Gasteiger partial charge in [-0.15, -0.1) is 0 Å². The van der Waals surface area contributed by atoms with Crippen LogP contribution in [0.2, 0.25) is 0 Å². The lowest BCUT2D eigenvalue weighted by molar-refractivity contribution is -0.749. The second-order valence-electron chi connectivity index (χ2n) is 6.09. The molecule has 1 aromatic heterocycles. The maximum absolute atomic E-state index is 12.0. The molecule has 1 heterocycles. The lowest BCUT2D eigenvalue weighted by Crippen LogP contribution is -2.47. The summed E-state index contributed by atoms with van der Waals surface area (Å²) in [5, 5.41) is 31.5. The summed E-state index contributed by atoms with van der Waals surface area (Å²) in [6, 6.07) is 0. The number of anilines is 1. The minimum atomic E-state index is -0.606. The van der Waals surface area contributed by atoms with E-state index >= 15 is 0 Å². The van der Waals surface area contributed by atoms with Gasteiger partial charge in [-0.2, -0.15) is 0 Å². The van der Waals surface area contributed by atoms with Crippen LogP contribution < -0.4 is 10.6 Å². The molecule has 0 saturated heterocycles. The average Bonchev–Trinajstić information content (AvgIpc) is 2.37. The van der Waals surface area contributed by atoms with E-state index in [1.54, 1.807) is 41.5 Å². The first-order valence-corrected chi connectivity index (χ1v) is 5.62. The molecule has 2 N–H and O–H groups in total. The molecule has 0 amide bonds. The van der Waals surface area contributed by atoms with Gasteiger partial charge < -0.3 is 16.1 Å². The van der Waals surface area contributed by atoms with E-state index in [4.69, 9.17) is 5.73 Å². The van der Waals surface area contributed by atoms with E-state index in [0.29, 0.717) is 4.85 Å². The third-order valence-corrected chi connectivity index (χ3v) is 1.96. The Bertz CT molecular complexity index is 478. The van der Waals surface area contributed by atoms with Crippen molar-refractivity contribution < 1.29 is 9.71 Å². The van der Waals surface area contributed by atoms with E-state index < -0.39 is 11.1 Å². The lowest BCUT2D eigenvalue weighted by atomic mass is 10.1. The molecule has 1 aromatic rings. The van der Waals surface area contributed by atoms with Crippen molar-refractivity contribution in [1.82, 2.24) is 9.90 Å². The zero-order valence-corrected chi connectivity index (χ0v) is 11.6. The fourth-order valence-electron chi connectivity index (χ4n) is 1.29. The van der Waals surface area contributed by atoms with E-state index in [-0.39, 0.29) is 16.5 Å². The Balaban J connectivity index is 3.36. The van der Waals surface area contributed by atoms with Gasteiger partial charge in [0.1, 0.15) is 11.1 Å². The summed E-state index contributed by atoms with van der Waals surface area (Å²) in [6.45, 7) is 10.6. The second kappa shape index (κ2) is 4.11. The number of nitrogens with two attached hydrogens (primary N) is 1. The third kappa shape index (κ3) is 2.88. The van der Waals surface area contributed by atoms with Crippen LogP contribution in [0.25, 0.3) is 0 Å². The monoisotopic (exact) mass is 256 g/mol. The molecule has 8 heteroatoms. The van der Waals surface area contributed by atoms with Crippen LogP contribution in [0.5, 0.6) is 0 Å². The maximum atomic E-state index is 12.0. The molecule has 1 rings (SSSR count). The van der Waals surface area contributed by atoms with Crippen LogP contribution in [0.15, 0.2) is 5.11 Å². The van der Waals surface area contributed by atoms with Crippen LogP contribution in [-0.4, -0.2) is 20.3 Å². The van der Waals surface area contributed by atoms with Crippen molar-refractivity contribution >= 4 is 11.6 Å². The minimum Gasteiger partial charge on any atom is -0.590 e. The molecule has 0 aliphatic carbocycles. The Morgan fingerprint density at radius 2 is 1.78 bits per heavy atom. The van der Waals surface area contributed by atoms with Gasteiger partial charge in [-0.1, -0.05) is 5.10 Å². The van der Waals surface area contributed by atoms with Crippen LogP contribution >= 0.6 is 0 Å². The Kier molecular flexibility index (Phi) is 3.24. The molecule has 0 atom stereocenters. The van der Waals surface area contributed by atoms with Gasteiger partial charge in [0.05, 0.1) is 0 Å². The smallest absolute Gasteiger partial charge is 0.562 e. The molecule has 0 bridgehead atoms. The number of hydrogen-bond donors (Lipinski definition) is 1. The number of nitrogens with zero attached hydrogens (tertiary/aromatic N) is 5. The van der Waals surface area contributed by atoms with Gasteiger partial charge in [-0.25, -0.2) is 0 Å². The quantitative estimate of drug-likeness (QED) is 0.353. The molecule has 0 fully saturated rings. The normalized spacial score (nSPS) is 14.0. The molecule has 0 aromatic carbocycles. The predicted molar refractivity (Wildman–Crippen MR) is 66.1 cm³/mol. The Morgan fingerprint density at radius 3 is 2.11 bits per heavy atom. The van der Waals surface area contributed by atoms with E-state index in [0.717, 1.165) is 4.80 Å². The second-order valence-corrected chi connectivity index (χ2v) is 6.09. The number of azo groups is 1. The summed E-state index contributed by atoms with van der Waals surface area (Å²) in [4.78, 5) is 1.72. The van der Waals surface area contributed by atoms with Crippen molar-refractivity contribution in [1.29, 1.82) is 0 Å². The Morgan fingerprint density at radius 1 is 1.28 bits per heavy atom. The van der Waals surface area contributed by atoms with Crippen LogP contribution in [0.1, 0.15) is 41.5 Å². The van der Waals surface area contributed by atoms with Gasteiger partial charge in [0, 0.05) is 9.71 Å². The number of rotatable bonds is 1.